The van der Waals surface area contributed by atoms with Crippen LogP contribution in [0.1, 0.15) is 19.4 Å². The predicted octanol–water partition coefficient (Wildman–Crippen LogP) is 4.53. The zero-order chi connectivity index (χ0) is 15.2. The highest BCUT2D eigenvalue weighted by Gasteiger charge is 2.08. The van der Waals surface area contributed by atoms with Crippen molar-refractivity contribution in [3.8, 4) is 17.2 Å². The van der Waals surface area contributed by atoms with Gasteiger partial charge in [0.25, 0.3) is 0 Å². The molecule has 0 radical (unpaired) electrons. The summed E-state index contributed by atoms with van der Waals surface area (Å²) in [5, 5.41) is 0. The standard InChI is InChI=1S/C17H20BrNO2/c1-3-20-15-5-7-16(8-6-15)21-17-9-4-14(18)11-13(17)10-12(2)19/h4-9,11-12H,3,10,19H2,1-2H3. The zero-order valence-electron chi connectivity index (χ0n) is 12.3. The molecule has 0 saturated heterocycles. The van der Waals surface area contributed by atoms with Crippen LogP contribution in [0.25, 0.3) is 0 Å². The third kappa shape index (κ3) is 4.76. The Labute approximate surface area is 134 Å². The molecule has 2 rings (SSSR count). The molecule has 112 valence electrons. The normalized spacial score (nSPS) is 12.0. The summed E-state index contributed by atoms with van der Waals surface area (Å²) in [4.78, 5) is 0. The average Bonchev–Trinajstić information content (AvgIpc) is 2.43. The maximum Gasteiger partial charge on any atom is 0.130 e. The van der Waals surface area contributed by atoms with Gasteiger partial charge in [0.1, 0.15) is 17.2 Å². The summed E-state index contributed by atoms with van der Waals surface area (Å²) in [6.07, 6.45) is 0.770. The number of ether oxygens (including phenoxy) is 2. The van der Waals surface area contributed by atoms with E-state index in [0.29, 0.717) is 6.61 Å². The van der Waals surface area contributed by atoms with Crippen LogP contribution in [0.5, 0.6) is 17.2 Å². The van der Waals surface area contributed by atoms with Crippen molar-refractivity contribution in [3.63, 3.8) is 0 Å². The Morgan fingerprint density at radius 1 is 1.10 bits per heavy atom. The van der Waals surface area contributed by atoms with Crippen molar-refractivity contribution in [1.29, 1.82) is 0 Å². The van der Waals surface area contributed by atoms with Gasteiger partial charge >= 0.3 is 0 Å². The van der Waals surface area contributed by atoms with Gasteiger partial charge < -0.3 is 15.2 Å². The number of rotatable bonds is 6. The summed E-state index contributed by atoms with van der Waals surface area (Å²) in [5.41, 5.74) is 6.99. The zero-order valence-corrected chi connectivity index (χ0v) is 13.9. The Morgan fingerprint density at radius 2 is 1.76 bits per heavy atom. The third-order valence-corrected chi connectivity index (χ3v) is 3.42. The molecule has 0 amide bonds. The van der Waals surface area contributed by atoms with Gasteiger partial charge in [-0.25, -0.2) is 0 Å². The molecule has 4 heteroatoms. The van der Waals surface area contributed by atoms with E-state index in [1.807, 2.05) is 56.3 Å². The van der Waals surface area contributed by atoms with Crippen LogP contribution >= 0.6 is 15.9 Å². The van der Waals surface area contributed by atoms with Gasteiger partial charge in [-0.1, -0.05) is 15.9 Å². The van der Waals surface area contributed by atoms with E-state index in [9.17, 15) is 0 Å². The second-order valence-electron chi connectivity index (χ2n) is 4.94. The van der Waals surface area contributed by atoms with Crippen LogP contribution in [0.2, 0.25) is 0 Å². The van der Waals surface area contributed by atoms with E-state index >= 15 is 0 Å². The Morgan fingerprint density at radius 3 is 2.38 bits per heavy atom. The van der Waals surface area contributed by atoms with Gasteiger partial charge in [-0.2, -0.15) is 0 Å². The maximum absolute atomic E-state index is 5.97. The van der Waals surface area contributed by atoms with Crippen molar-refractivity contribution >= 4 is 15.9 Å². The Kier molecular flexibility index (Phi) is 5.65. The number of nitrogens with two attached hydrogens (primary N) is 1. The molecule has 0 fully saturated rings. The summed E-state index contributed by atoms with van der Waals surface area (Å²) in [6.45, 7) is 4.61. The Balaban J connectivity index is 2.18. The summed E-state index contributed by atoms with van der Waals surface area (Å²) in [7, 11) is 0. The van der Waals surface area contributed by atoms with Crippen molar-refractivity contribution in [2.24, 2.45) is 5.73 Å². The molecule has 0 aliphatic heterocycles. The molecule has 0 bridgehead atoms. The van der Waals surface area contributed by atoms with Crippen LogP contribution in [0, 0.1) is 0 Å². The predicted molar refractivity (Wildman–Crippen MR) is 89.2 cm³/mol. The first-order valence-corrected chi connectivity index (χ1v) is 7.82. The van der Waals surface area contributed by atoms with Crippen molar-refractivity contribution in [2.45, 2.75) is 26.3 Å². The van der Waals surface area contributed by atoms with E-state index in [1.165, 1.54) is 0 Å². The first-order valence-electron chi connectivity index (χ1n) is 7.03. The van der Waals surface area contributed by atoms with E-state index in [2.05, 4.69) is 15.9 Å². The Hall–Kier alpha value is -1.52. The van der Waals surface area contributed by atoms with Crippen LogP contribution in [-0.2, 0) is 6.42 Å². The molecule has 0 saturated carbocycles. The molecule has 0 aliphatic rings. The van der Waals surface area contributed by atoms with Crippen LogP contribution in [-0.4, -0.2) is 12.6 Å². The molecular formula is C17H20BrNO2. The SMILES string of the molecule is CCOc1ccc(Oc2ccc(Br)cc2CC(C)N)cc1. The molecule has 1 atom stereocenters. The average molecular weight is 350 g/mol. The van der Waals surface area contributed by atoms with Crippen molar-refractivity contribution in [3.05, 3.63) is 52.5 Å². The molecule has 0 heterocycles. The quantitative estimate of drug-likeness (QED) is 0.833. The van der Waals surface area contributed by atoms with Gasteiger partial charge in [-0.15, -0.1) is 0 Å². The molecule has 2 aromatic carbocycles. The summed E-state index contributed by atoms with van der Waals surface area (Å²) < 4.78 is 12.4. The van der Waals surface area contributed by atoms with Crippen LogP contribution in [0.15, 0.2) is 46.9 Å². The second kappa shape index (κ2) is 7.48. The van der Waals surface area contributed by atoms with E-state index in [0.717, 1.165) is 33.7 Å². The number of hydrogen-bond acceptors (Lipinski definition) is 3. The number of benzene rings is 2. The first-order chi connectivity index (χ1) is 10.1. The van der Waals surface area contributed by atoms with Gasteiger partial charge in [0.2, 0.25) is 0 Å². The second-order valence-corrected chi connectivity index (χ2v) is 5.86. The smallest absolute Gasteiger partial charge is 0.130 e. The fourth-order valence-electron chi connectivity index (χ4n) is 2.05. The van der Waals surface area contributed by atoms with E-state index in [1.54, 1.807) is 0 Å². The molecule has 0 aliphatic carbocycles. The number of hydrogen-bond donors (Lipinski definition) is 1. The summed E-state index contributed by atoms with van der Waals surface area (Å²) in [6, 6.07) is 13.7. The van der Waals surface area contributed by atoms with Crippen LogP contribution < -0.4 is 15.2 Å². The lowest BCUT2D eigenvalue weighted by atomic mass is 10.1. The molecule has 0 aromatic heterocycles. The highest BCUT2D eigenvalue weighted by Crippen LogP contribution is 2.29. The fraction of sp³-hybridized carbons (Fsp3) is 0.294. The molecule has 2 N–H and O–H groups in total. The molecule has 21 heavy (non-hydrogen) atoms. The summed E-state index contributed by atoms with van der Waals surface area (Å²) in [5.74, 6) is 2.46. The Bertz CT molecular complexity index is 582. The lowest BCUT2D eigenvalue weighted by Gasteiger charge is -2.14. The van der Waals surface area contributed by atoms with Gasteiger partial charge in [0.15, 0.2) is 0 Å². The van der Waals surface area contributed by atoms with Crippen LogP contribution in [0.4, 0.5) is 0 Å². The van der Waals surface area contributed by atoms with Crippen molar-refractivity contribution < 1.29 is 9.47 Å². The van der Waals surface area contributed by atoms with E-state index in [4.69, 9.17) is 15.2 Å². The molecule has 0 spiro atoms. The molecular weight excluding hydrogens is 330 g/mol. The maximum atomic E-state index is 5.97. The van der Waals surface area contributed by atoms with Gasteiger partial charge in [-0.3, -0.25) is 0 Å². The summed E-state index contributed by atoms with van der Waals surface area (Å²) >= 11 is 3.49. The van der Waals surface area contributed by atoms with Crippen molar-refractivity contribution in [2.75, 3.05) is 6.61 Å². The number of halogens is 1. The van der Waals surface area contributed by atoms with Crippen molar-refractivity contribution in [1.82, 2.24) is 0 Å². The minimum absolute atomic E-state index is 0.0852. The topological polar surface area (TPSA) is 44.5 Å². The lowest BCUT2D eigenvalue weighted by Crippen LogP contribution is -2.18. The molecule has 3 nitrogen and oxygen atoms in total. The largest absolute Gasteiger partial charge is 0.494 e. The molecule has 1 unspecified atom stereocenters. The van der Waals surface area contributed by atoms with Gasteiger partial charge in [0.05, 0.1) is 6.61 Å². The minimum Gasteiger partial charge on any atom is -0.494 e. The highest BCUT2D eigenvalue weighted by atomic mass is 79.9. The van der Waals surface area contributed by atoms with Crippen LogP contribution in [0.3, 0.4) is 0 Å². The first kappa shape index (κ1) is 15.9. The third-order valence-electron chi connectivity index (χ3n) is 2.93. The minimum atomic E-state index is 0.0852. The van der Waals surface area contributed by atoms with E-state index < -0.39 is 0 Å². The van der Waals surface area contributed by atoms with Gasteiger partial charge in [-0.05, 0) is 68.3 Å². The van der Waals surface area contributed by atoms with E-state index in [-0.39, 0.29) is 6.04 Å². The van der Waals surface area contributed by atoms with Gasteiger partial charge in [0, 0.05) is 10.5 Å². The lowest BCUT2D eigenvalue weighted by molar-refractivity contribution is 0.339. The molecule has 2 aromatic rings. The highest BCUT2D eigenvalue weighted by molar-refractivity contribution is 9.10. The fourth-order valence-corrected chi connectivity index (χ4v) is 2.46. The monoisotopic (exact) mass is 349 g/mol.